The normalized spacial score (nSPS) is 11.8. The Bertz CT molecular complexity index is 906. The average molecular weight is 364 g/mol. The lowest BCUT2D eigenvalue weighted by atomic mass is 10.1. The number of carbonyl (C=O) groups is 1. The summed E-state index contributed by atoms with van der Waals surface area (Å²) in [5.41, 5.74) is 3.24. The zero-order chi connectivity index (χ0) is 19.2. The Labute approximate surface area is 159 Å². The van der Waals surface area contributed by atoms with Gasteiger partial charge >= 0.3 is 0 Å². The van der Waals surface area contributed by atoms with Crippen molar-refractivity contribution in [1.29, 1.82) is 0 Å². The van der Waals surface area contributed by atoms with Gasteiger partial charge in [0.2, 0.25) is 5.89 Å². The highest BCUT2D eigenvalue weighted by molar-refractivity contribution is 6.04. The van der Waals surface area contributed by atoms with Crippen LogP contribution >= 0.6 is 0 Å². The monoisotopic (exact) mass is 364 g/mol. The summed E-state index contributed by atoms with van der Waals surface area (Å²) in [5, 5.41) is 10.4. The quantitative estimate of drug-likeness (QED) is 0.632. The predicted octanol–water partition coefficient (Wildman–Crippen LogP) is 4.76. The van der Waals surface area contributed by atoms with Crippen LogP contribution in [0.3, 0.4) is 0 Å². The molecule has 2 aromatic carbocycles. The minimum Gasteiger partial charge on any atom is -0.374 e. The second-order valence-electron chi connectivity index (χ2n) is 6.46. The third kappa shape index (κ3) is 4.53. The van der Waals surface area contributed by atoms with Crippen LogP contribution in [-0.2, 0) is 6.42 Å². The van der Waals surface area contributed by atoms with Gasteiger partial charge in [-0.3, -0.25) is 4.79 Å². The van der Waals surface area contributed by atoms with E-state index in [4.69, 9.17) is 4.52 Å². The SMILES string of the molecule is CCCc1noc([C@@H](C)Nc2cccc(NC(=O)c3ccccc3)c2C)n1. The van der Waals surface area contributed by atoms with Gasteiger partial charge in [-0.1, -0.05) is 36.3 Å². The first-order chi connectivity index (χ1) is 13.1. The minimum absolute atomic E-state index is 0.134. The Morgan fingerprint density at radius 2 is 1.85 bits per heavy atom. The van der Waals surface area contributed by atoms with Gasteiger partial charge in [0.25, 0.3) is 5.91 Å². The van der Waals surface area contributed by atoms with Crippen molar-refractivity contribution in [2.24, 2.45) is 0 Å². The van der Waals surface area contributed by atoms with E-state index in [9.17, 15) is 4.79 Å². The van der Waals surface area contributed by atoms with Gasteiger partial charge in [0.15, 0.2) is 5.82 Å². The van der Waals surface area contributed by atoms with E-state index in [1.165, 1.54) is 0 Å². The molecule has 0 unspecified atom stereocenters. The number of nitrogens with one attached hydrogen (secondary N) is 2. The second-order valence-corrected chi connectivity index (χ2v) is 6.46. The van der Waals surface area contributed by atoms with Crippen LogP contribution in [0.5, 0.6) is 0 Å². The summed E-state index contributed by atoms with van der Waals surface area (Å²) in [4.78, 5) is 16.8. The van der Waals surface area contributed by atoms with Crippen LogP contribution in [0.2, 0.25) is 0 Å². The summed E-state index contributed by atoms with van der Waals surface area (Å²) in [6.07, 6.45) is 1.78. The molecule has 1 aromatic heterocycles. The molecule has 2 N–H and O–H groups in total. The lowest BCUT2D eigenvalue weighted by Gasteiger charge is -2.16. The van der Waals surface area contributed by atoms with Crippen LogP contribution in [-0.4, -0.2) is 16.0 Å². The van der Waals surface area contributed by atoms with Gasteiger partial charge in [-0.2, -0.15) is 4.98 Å². The van der Waals surface area contributed by atoms with E-state index < -0.39 is 0 Å². The maximum Gasteiger partial charge on any atom is 0.255 e. The number of benzene rings is 2. The molecule has 3 rings (SSSR count). The van der Waals surface area contributed by atoms with Crippen LogP contribution < -0.4 is 10.6 Å². The van der Waals surface area contributed by atoms with Gasteiger partial charge in [0.1, 0.15) is 6.04 Å². The molecule has 6 heteroatoms. The second kappa shape index (κ2) is 8.49. The number of hydrogen-bond donors (Lipinski definition) is 2. The largest absolute Gasteiger partial charge is 0.374 e. The van der Waals surface area contributed by atoms with Crippen LogP contribution in [0, 0.1) is 6.92 Å². The van der Waals surface area contributed by atoms with E-state index in [0.29, 0.717) is 11.5 Å². The molecule has 27 heavy (non-hydrogen) atoms. The molecule has 0 aliphatic carbocycles. The van der Waals surface area contributed by atoms with Crippen LogP contribution in [0.4, 0.5) is 11.4 Å². The number of hydrogen-bond acceptors (Lipinski definition) is 5. The molecule has 1 heterocycles. The van der Waals surface area contributed by atoms with E-state index in [2.05, 4.69) is 27.7 Å². The molecule has 0 aliphatic heterocycles. The maximum atomic E-state index is 12.4. The Kier molecular flexibility index (Phi) is 5.86. The molecular weight excluding hydrogens is 340 g/mol. The first-order valence-corrected chi connectivity index (χ1v) is 9.13. The summed E-state index contributed by atoms with van der Waals surface area (Å²) < 4.78 is 5.35. The minimum atomic E-state index is -0.137. The number of anilines is 2. The van der Waals surface area contributed by atoms with Crippen LogP contribution in [0.1, 0.15) is 53.9 Å². The fourth-order valence-electron chi connectivity index (χ4n) is 2.77. The van der Waals surface area contributed by atoms with Gasteiger partial charge < -0.3 is 15.2 Å². The van der Waals surface area contributed by atoms with Crippen molar-refractivity contribution in [3.05, 3.63) is 71.4 Å². The number of aryl methyl sites for hydroxylation is 1. The zero-order valence-corrected chi connectivity index (χ0v) is 15.8. The van der Waals surface area contributed by atoms with Gasteiger partial charge in [0.05, 0.1) is 0 Å². The van der Waals surface area contributed by atoms with Crippen molar-refractivity contribution in [3.63, 3.8) is 0 Å². The molecule has 0 spiro atoms. The lowest BCUT2D eigenvalue weighted by molar-refractivity contribution is 0.102. The Morgan fingerprint density at radius 1 is 1.11 bits per heavy atom. The van der Waals surface area contributed by atoms with Crippen molar-refractivity contribution in [2.75, 3.05) is 10.6 Å². The zero-order valence-electron chi connectivity index (χ0n) is 15.8. The summed E-state index contributed by atoms with van der Waals surface area (Å²) >= 11 is 0. The first kappa shape index (κ1) is 18.6. The highest BCUT2D eigenvalue weighted by Crippen LogP contribution is 2.27. The van der Waals surface area contributed by atoms with Crippen molar-refractivity contribution in [2.45, 2.75) is 39.7 Å². The van der Waals surface area contributed by atoms with E-state index in [1.54, 1.807) is 12.1 Å². The third-order valence-corrected chi connectivity index (χ3v) is 4.32. The van der Waals surface area contributed by atoms with Gasteiger partial charge in [-0.05, 0) is 50.1 Å². The summed E-state index contributed by atoms with van der Waals surface area (Å²) in [6.45, 7) is 6.01. The van der Waals surface area contributed by atoms with Crippen molar-refractivity contribution < 1.29 is 9.32 Å². The van der Waals surface area contributed by atoms with Crippen molar-refractivity contribution in [3.8, 4) is 0 Å². The number of rotatable bonds is 7. The fourth-order valence-corrected chi connectivity index (χ4v) is 2.77. The highest BCUT2D eigenvalue weighted by Gasteiger charge is 2.16. The van der Waals surface area contributed by atoms with E-state index in [1.807, 2.05) is 50.2 Å². The van der Waals surface area contributed by atoms with E-state index in [-0.39, 0.29) is 11.9 Å². The Morgan fingerprint density at radius 3 is 2.59 bits per heavy atom. The Hall–Kier alpha value is -3.15. The molecular formula is C21H24N4O2. The molecule has 1 atom stereocenters. The van der Waals surface area contributed by atoms with Crippen molar-refractivity contribution >= 4 is 17.3 Å². The predicted molar refractivity (Wildman–Crippen MR) is 106 cm³/mol. The van der Waals surface area contributed by atoms with Crippen LogP contribution in [0.25, 0.3) is 0 Å². The third-order valence-electron chi connectivity index (χ3n) is 4.32. The van der Waals surface area contributed by atoms with Crippen molar-refractivity contribution in [1.82, 2.24) is 10.1 Å². The highest BCUT2D eigenvalue weighted by atomic mass is 16.5. The molecule has 1 amide bonds. The molecule has 0 bridgehead atoms. The number of amides is 1. The number of aromatic nitrogens is 2. The average Bonchev–Trinajstić information content (AvgIpc) is 3.15. The number of nitrogens with zero attached hydrogens (tertiary/aromatic N) is 2. The summed E-state index contributed by atoms with van der Waals surface area (Å²) in [5.74, 6) is 1.14. The van der Waals surface area contributed by atoms with Gasteiger partial charge in [0, 0.05) is 23.4 Å². The standard InChI is InChI=1S/C21H24N4O2/c1-4-9-19-24-21(27-25-19)15(3)22-17-12-8-13-18(14(17)2)23-20(26)16-10-6-5-7-11-16/h5-8,10-13,15,22H,4,9H2,1-3H3,(H,23,26)/t15-/m1/s1. The molecule has 6 nitrogen and oxygen atoms in total. The summed E-state index contributed by atoms with van der Waals surface area (Å²) in [7, 11) is 0. The van der Waals surface area contributed by atoms with E-state index >= 15 is 0 Å². The molecule has 140 valence electrons. The van der Waals surface area contributed by atoms with Crippen LogP contribution in [0.15, 0.2) is 53.1 Å². The topological polar surface area (TPSA) is 80.0 Å². The Balaban J connectivity index is 1.73. The summed E-state index contributed by atoms with van der Waals surface area (Å²) in [6, 6.07) is 14.8. The molecule has 0 saturated heterocycles. The smallest absolute Gasteiger partial charge is 0.255 e. The van der Waals surface area contributed by atoms with Gasteiger partial charge in [-0.25, -0.2) is 0 Å². The van der Waals surface area contributed by atoms with Gasteiger partial charge in [-0.15, -0.1) is 0 Å². The van der Waals surface area contributed by atoms with E-state index in [0.717, 1.165) is 35.6 Å². The lowest BCUT2D eigenvalue weighted by Crippen LogP contribution is -2.14. The molecule has 0 radical (unpaired) electrons. The first-order valence-electron chi connectivity index (χ1n) is 9.13. The maximum absolute atomic E-state index is 12.4. The number of carbonyl (C=O) groups excluding carboxylic acids is 1. The molecule has 0 fully saturated rings. The molecule has 0 aliphatic rings. The molecule has 0 saturated carbocycles. The molecule has 3 aromatic rings. The fraction of sp³-hybridized carbons (Fsp3) is 0.286.